The molecular weight excluding hydrogens is 180 g/mol. The van der Waals surface area contributed by atoms with Crippen molar-refractivity contribution in [2.75, 3.05) is 6.61 Å². The molecule has 4 heteroatoms. The van der Waals surface area contributed by atoms with Crippen LogP contribution in [0, 0.1) is 0 Å². The summed E-state index contributed by atoms with van der Waals surface area (Å²) in [5, 5.41) is 14.0. The van der Waals surface area contributed by atoms with E-state index in [9.17, 15) is 5.11 Å². The summed E-state index contributed by atoms with van der Waals surface area (Å²) in [6.45, 7) is 4.55. The zero-order valence-corrected chi connectivity index (χ0v) is 8.97. The SMILES string of the molecule is CCOC(CC)C(O)c1ccnn1C. The first-order valence-corrected chi connectivity index (χ1v) is 4.98. The summed E-state index contributed by atoms with van der Waals surface area (Å²) < 4.78 is 7.11. The van der Waals surface area contributed by atoms with E-state index in [1.165, 1.54) is 0 Å². The lowest BCUT2D eigenvalue weighted by Crippen LogP contribution is -2.23. The third kappa shape index (κ3) is 2.33. The van der Waals surface area contributed by atoms with Crippen LogP contribution in [0.2, 0.25) is 0 Å². The van der Waals surface area contributed by atoms with E-state index in [4.69, 9.17) is 4.74 Å². The highest BCUT2D eigenvalue weighted by Gasteiger charge is 2.21. The lowest BCUT2D eigenvalue weighted by molar-refractivity contribution is -0.0388. The molecule has 2 atom stereocenters. The molecule has 80 valence electrons. The molecule has 0 radical (unpaired) electrons. The summed E-state index contributed by atoms with van der Waals surface area (Å²) in [5.74, 6) is 0. The standard InChI is InChI=1S/C10H18N2O2/c1-4-9(14-5-2)10(13)8-6-7-11-12(8)3/h6-7,9-10,13H,4-5H2,1-3H3. The lowest BCUT2D eigenvalue weighted by atomic mass is 10.1. The molecular formula is C10H18N2O2. The Labute approximate surface area is 84.5 Å². The van der Waals surface area contributed by atoms with Gasteiger partial charge in [-0.3, -0.25) is 4.68 Å². The van der Waals surface area contributed by atoms with Crippen LogP contribution in [0.25, 0.3) is 0 Å². The van der Waals surface area contributed by atoms with E-state index < -0.39 is 6.10 Å². The van der Waals surface area contributed by atoms with E-state index in [2.05, 4.69) is 5.10 Å². The first-order chi connectivity index (χ1) is 6.70. The molecule has 0 aromatic carbocycles. The van der Waals surface area contributed by atoms with E-state index in [-0.39, 0.29) is 6.10 Å². The number of nitrogens with zero attached hydrogens (tertiary/aromatic N) is 2. The van der Waals surface area contributed by atoms with Crippen LogP contribution in [0.5, 0.6) is 0 Å². The topological polar surface area (TPSA) is 47.3 Å². The molecule has 0 fully saturated rings. The molecule has 1 rings (SSSR count). The van der Waals surface area contributed by atoms with Gasteiger partial charge in [-0.1, -0.05) is 6.92 Å². The summed E-state index contributed by atoms with van der Waals surface area (Å²) in [4.78, 5) is 0. The minimum atomic E-state index is -0.590. The molecule has 1 heterocycles. The first kappa shape index (κ1) is 11.2. The van der Waals surface area contributed by atoms with Gasteiger partial charge in [0.15, 0.2) is 0 Å². The normalized spacial score (nSPS) is 15.4. The van der Waals surface area contributed by atoms with Crippen LogP contribution in [-0.4, -0.2) is 27.6 Å². The predicted molar refractivity (Wildman–Crippen MR) is 53.9 cm³/mol. The number of hydrogen-bond acceptors (Lipinski definition) is 3. The van der Waals surface area contributed by atoms with Gasteiger partial charge in [-0.15, -0.1) is 0 Å². The Kier molecular flexibility index (Phi) is 4.10. The van der Waals surface area contributed by atoms with E-state index in [0.29, 0.717) is 6.61 Å². The Balaban J connectivity index is 2.72. The van der Waals surface area contributed by atoms with Crippen molar-refractivity contribution in [3.05, 3.63) is 18.0 Å². The maximum Gasteiger partial charge on any atom is 0.122 e. The molecule has 0 spiro atoms. The Morgan fingerprint density at radius 2 is 2.29 bits per heavy atom. The molecule has 0 aliphatic carbocycles. The van der Waals surface area contributed by atoms with Crippen LogP contribution in [0.1, 0.15) is 32.1 Å². The molecule has 0 aliphatic heterocycles. The molecule has 0 saturated heterocycles. The fourth-order valence-electron chi connectivity index (χ4n) is 1.51. The number of aryl methyl sites for hydroxylation is 1. The fourth-order valence-corrected chi connectivity index (χ4v) is 1.51. The Bertz CT molecular complexity index is 273. The highest BCUT2D eigenvalue weighted by Crippen LogP contribution is 2.20. The number of ether oxygens (including phenoxy) is 1. The third-order valence-corrected chi connectivity index (χ3v) is 2.30. The van der Waals surface area contributed by atoms with Crippen molar-refractivity contribution in [3.63, 3.8) is 0 Å². The van der Waals surface area contributed by atoms with Gasteiger partial charge in [0.2, 0.25) is 0 Å². The highest BCUT2D eigenvalue weighted by molar-refractivity contribution is 5.05. The van der Waals surface area contributed by atoms with Crippen LogP contribution in [0.4, 0.5) is 0 Å². The molecule has 1 aromatic heterocycles. The van der Waals surface area contributed by atoms with Gasteiger partial charge in [0.25, 0.3) is 0 Å². The van der Waals surface area contributed by atoms with Crippen LogP contribution in [-0.2, 0) is 11.8 Å². The Morgan fingerprint density at radius 1 is 1.57 bits per heavy atom. The van der Waals surface area contributed by atoms with Crippen LogP contribution >= 0.6 is 0 Å². The summed E-state index contributed by atoms with van der Waals surface area (Å²) in [6.07, 6.45) is 1.74. The Morgan fingerprint density at radius 3 is 2.71 bits per heavy atom. The number of rotatable bonds is 5. The second-order valence-electron chi connectivity index (χ2n) is 3.23. The zero-order chi connectivity index (χ0) is 10.6. The molecule has 4 nitrogen and oxygen atoms in total. The van der Waals surface area contributed by atoms with Gasteiger partial charge in [0, 0.05) is 19.9 Å². The molecule has 0 saturated carbocycles. The van der Waals surface area contributed by atoms with Crippen LogP contribution < -0.4 is 0 Å². The van der Waals surface area contributed by atoms with Crippen molar-refractivity contribution in [2.24, 2.45) is 7.05 Å². The number of aliphatic hydroxyl groups is 1. The fraction of sp³-hybridized carbons (Fsp3) is 0.700. The van der Waals surface area contributed by atoms with E-state index in [0.717, 1.165) is 12.1 Å². The summed E-state index contributed by atoms with van der Waals surface area (Å²) >= 11 is 0. The molecule has 1 aromatic rings. The van der Waals surface area contributed by atoms with E-state index in [1.807, 2.05) is 27.0 Å². The van der Waals surface area contributed by atoms with E-state index in [1.54, 1.807) is 10.9 Å². The smallest absolute Gasteiger partial charge is 0.122 e. The van der Waals surface area contributed by atoms with Gasteiger partial charge < -0.3 is 9.84 Å². The summed E-state index contributed by atoms with van der Waals surface area (Å²) in [5.41, 5.74) is 0.797. The number of aliphatic hydroxyl groups excluding tert-OH is 1. The van der Waals surface area contributed by atoms with Gasteiger partial charge in [-0.05, 0) is 19.4 Å². The molecule has 0 bridgehead atoms. The zero-order valence-electron chi connectivity index (χ0n) is 8.97. The molecule has 1 N–H and O–H groups in total. The van der Waals surface area contributed by atoms with Gasteiger partial charge >= 0.3 is 0 Å². The van der Waals surface area contributed by atoms with Crippen LogP contribution in [0.3, 0.4) is 0 Å². The second kappa shape index (κ2) is 5.12. The molecule has 14 heavy (non-hydrogen) atoms. The van der Waals surface area contributed by atoms with Gasteiger partial charge in [0.1, 0.15) is 6.10 Å². The van der Waals surface area contributed by atoms with Crippen molar-refractivity contribution < 1.29 is 9.84 Å². The van der Waals surface area contributed by atoms with Gasteiger partial charge in [-0.25, -0.2) is 0 Å². The second-order valence-corrected chi connectivity index (χ2v) is 3.23. The van der Waals surface area contributed by atoms with E-state index >= 15 is 0 Å². The quantitative estimate of drug-likeness (QED) is 0.775. The monoisotopic (exact) mass is 198 g/mol. The summed E-state index contributed by atoms with van der Waals surface area (Å²) in [6, 6.07) is 1.81. The largest absolute Gasteiger partial charge is 0.384 e. The molecule has 0 aliphatic rings. The minimum absolute atomic E-state index is 0.143. The molecule has 0 amide bonds. The van der Waals surface area contributed by atoms with Crippen molar-refractivity contribution in [1.82, 2.24) is 9.78 Å². The third-order valence-electron chi connectivity index (χ3n) is 2.30. The van der Waals surface area contributed by atoms with Crippen molar-refractivity contribution >= 4 is 0 Å². The maximum absolute atomic E-state index is 10.00. The van der Waals surface area contributed by atoms with Gasteiger partial charge in [0.05, 0.1) is 11.8 Å². The minimum Gasteiger partial charge on any atom is -0.384 e. The predicted octanol–water partition coefficient (Wildman–Crippen LogP) is 1.27. The van der Waals surface area contributed by atoms with Crippen LogP contribution in [0.15, 0.2) is 12.3 Å². The van der Waals surface area contributed by atoms with Crippen molar-refractivity contribution in [1.29, 1.82) is 0 Å². The first-order valence-electron chi connectivity index (χ1n) is 4.98. The average Bonchev–Trinajstić information content (AvgIpc) is 2.59. The van der Waals surface area contributed by atoms with Gasteiger partial charge in [-0.2, -0.15) is 5.10 Å². The molecule has 2 unspecified atom stereocenters. The van der Waals surface area contributed by atoms with Crippen molar-refractivity contribution in [3.8, 4) is 0 Å². The Hall–Kier alpha value is -0.870. The maximum atomic E-state index is 10.00. The average molecular weight is 198 g/mol. The summed E-state index contributed by atoms with van der Waals surface area (Å²) in [7, 11) is 1.82. The number of aromatic nitrogens is 2. The number of hydrogen-bond donors (Lipinski definition) is 1. The van der Waals surface area contributed by atoms with Crippen molar-refractivity contribution in [2.45, 2.75) is 32.5 Å². The lowest BCUT2D eigenvalue weighted by Gasteiger charge is -2.21. The highest BCUT2D eigenvalue weighted by atomic mass is 16.5.